The summed E-state index contributed by atoms with van der Waals surface area (Å²) in [5.74, 6) is 0. The molecule has 0 spiro atoms. The van der Waals surface area contributed by atoms with Gasteiger partial charge in [0.1, 0.15) is 0 Å². The van der Waals surface area contributed by atoms with Crippen molar-refractivity contribution in [1.29, 1.82) is 0 Å². The van der Waals surface area contributed by atoms with Gasteiger partial charge in [-0.3, -0.25) is 0 Å². The summed E-state index contributed by atoms with van der Waals surface area (Å²) in [5, 5.41) is 0. The Kier molecular flexibility index (Phi) is 5600. The molecule has 74 valence electrons. The fraction of sp³-hybridized carbons (Fsp3) is 0. The molecule has 0 saturated heterocycles. The minimum absolute atomic E-state index is 0. The van der Waals surface area contributed by atoms with Gasteiger partial charge in [0.15, 0.2) is 0 Å². The Morgan fingerprint density at radius 2 is 0.333 bits per heavy atom. The summed E-state index contributed by atoms with van der Waals surface area (Å²) in [4.78, 5) is 0. The zero-order valence-corrected chi connectivity index (χ0v) is 15.0. The molecule has 0 unspecified atom stereocenters. The van der Waals surface area contributed by atoms with Crippen LogP contribution in [-0.4, -0.2) is 0 Å². The molecule has 0 aromatic carbocycles. The van der Waals surface area contributed by atoms with Crippen molar-refractivity contribution in [2.75, 3.05) is 0 Å². The van der Waals surface area contributed by atoms with E-state index in [1.165, 1.54) is 0 Å². The second kappa shape index (κ2) is 233. The van der Waals surface area contributed by atoms with Crippen molar-refractivity contribution in [3.8, 4) is 0 Å². The molecule has 0 aromatic rings. The van der Waals surface area contributed by atoms with Gasteiger partial charge in [-0.05, 0) is 0 Å². The van der Waals surface area contributed by atoms with Crippen LogP contribution in [-0.2, 0) is 0 Å². The third-order valence-corrected chi connectivity index (χ3v) is 0. The Bertz CT molecular complexity index is 14.5. The summed E-state index contributed by atoms with van der Waals surface area (Å²) >= 11 is 0. The maximum absolute atomic E-state index is 0. The minimum Gasteiger partial charge on any atom is -1.00 e. The molecular weight excluding hydrogens is 594 g/mol. The molecule has 0 saturated carbocycles. The quantitative estimate of drug-likeness (QED) is 0.245. The van der Waals surface area contributed by atoms with Crippen molar-refractivity contribution < 1.29 is 161 Å². The SMILES string of the molecule is [Ce+3].[F-].[F-].[F-].[F-].[F-].[F-].[F-].[F-].[F-].[La+3].[Nd+3]. The van der Waals surface area contributed by atoms with Gasteiger partial charge >= 0.3 is 118 Å². The molecule has 0 nitrogen and oxygen atoms in total. The van der Waals surface area contributed by atoms with Gasteiger partial charge in [-0.25, -0.2) is 0 Å². The van der Waals surface area contributed by atoms with Crippen LogP contribution in [0.1, 0.15) is 0 Å². The molecule has 12 heteroatoms. The fourth-order valence-electron chi connectivity index (χ4n) is 0. The molecule has 0 amide bonds. The van der Waals surface area contributed by atoms with E-state index in [9.17, 15) is 0 Å². The minimum atomic E-state index is 0. The van der Waals surface area contributed by atoms with E-state index < -0.39 is 0 Å². The Hall–Kier alpha value is 3.29. The van der Waals surface area contributed by atoms with Crippen LogP contribution >= 0.6 is 0 Å². The average molecular weight is 594 g/mol. The molecule has 0 aliphatic rings. The van der Waals surface area contributed by atoms with E-state index >= 15 is 0 Å². The van der Waals surface area contributed by atoms with E-state index in [0.29, 0.717) is 0 Å². The first kappa shape index (κ1) is 288. The van der Waals surface area contributed by atoms with E-state index in [4.69, 9.17) is 0 Å². The zero-order valence-electron chi connectivity index (χ0n) is 4.98. The first-order chi connectivity index (χ1) is 0. The summed E-state index contributed by atoms with van der Waals surface area (Å²) in [5.41, 5.74) is 0. The van der Waals surface area contributed by atoms with E-state index in [0.717, 1.165) is 0 Å². The molecule has 0 rings (SSSR count). The van der Waals surface area contributed by atoms with Crippen LogP contribution in [0.15, 0.2) is 0 Å². The molecule has 0 aliphatic carbocycles. The van der Waals surface area contributed by atoms with Crippen molar-refractivity contribution in [3.63, 3.8) is 0 Å². The van der Waals surface area contributed by atoms with Crippen molar-refractivity contribution >= 4 is 0 Å². The molecule has 12 heavy (non-hydrogen) atoms. The summed E-state index contributed by atoms with van der Waals surface area (Å²) in [6.45, 7) is 0. The summed E-state index contributed by atoms with van der Waals surface area (Å²) < 4.78 is 0. The van der Waals surface area contributed by atoms with Crippen molar-refractivity contribution in [2.45, 2.75) is 0 Å². The number of halogens is 9. The van der Waals surface area contributed by atoms with Gasteiger partial charge < -0.3 is 42.3 Å². The number of hydrogen-bond acceptors (Lipinski definition) is 0. The topological polar surface area (TPSA) is 0 Å². The van der Waals surface area contributed by atoms with Crippen LogP contribution in [0.25, 0.3) is 0 Å². The fourth-order valence-corrected chi connectivity index (χ4v) is 0. The van der Waals surface area contributed by atoms with Gasteiger partial charge in [-0.15, -0.1) is 0 Å². The first-order valence-electron chi connectivity index (χ1n) is 0. The van der Waals surface area contributed by atoms with Crippen LogP contribution in [0.3, 0.4) is 0 Å². The van der Waals surface area contributed by atoms with Crippen LogP contribution in [0.5, 0.6) is 0 Å². The first-order valence-corrected chi connectivity index (χ1v) is 0. The second-order valence-electron chi connectivity index (χ2n) is 0. The predicted molar refractivity (Wildman–Crippen MR) is 0 cm³/mol. The van der Waals surface area contributed by atoms with Gasteiger partial charge in [0.25, 0.3) is 0 Å². The van der Waals surface area contributed by atoms with Crippen LogP contribution in [0, 0.1) is 118 Å². The molecule has 0 atom stereocenters. The molecular formula is CeF9LaNd. The van der Waals surface area contributed by atoms with Crippen molar-refractivity contribution in [3.05, 3.63) is 0 Å². The third-order valence-electron chi connectivity index (χ3n) is 0. The van der Waals surface area contributed by atoms with E-state index in [-0.39, 0.29) is 161 Å². The van der Waals surface area contributed by atoms with Gasteiger partial charge in [0.2, 0.25) is 0 Å². The summed E-state index contributed by atoms with van der Waals surface area (Å²) in [7, 11) is 0. The maximum atomic E-state index is 0. The number of rotatable bonds is 0. The Morgan fingerprint density at radius 3 is 0.333 bits per heavy atom. The summed E-state index contributed by atoms with van der Waals surface area (Å²) in [6, 6.07) is 0. The van der Waals surface area contributed by atoms with Crippen LogP contribution in [0.4, 0.5) is 0 Å². The standard InChI is InChI=1S/Ce.9FH.La.Nd/h;9*1H;;/q+3;;;;;;;;;;2*+3/p-9. The van der Waals surface area contributed by atoms with Gasteiger partial charge in [0, 0.05) is 0 Å². The largest absolute Gasteiger partial charge is 3.00 e. The van der Waals surface area contributed by atoms with Gasteiger partial charge in [-0.1, -0.05) is 0 Å². The van der Waals surface area contributed by atoms with E-state index in [1.54, 1.807) is 0 Å². The molecule has 2 radical (unpaired) electrons. The van der Waals surface area contributed by atoms with Crippen LogP contribution in [0.2, 0.25) is 0 Å². The van der Waals surface area contributed by atoms with Gasteiger partial charge in [0.05, 0.1) is 0 Å². The van der Waals surface area contributed by atoms with Gasteiger partial charge in [-0.2, -0.15) is 0 Å². The predicted octanol–water partition coefficient (Wildman–Crippen LogP) is -27.0. The Balaban J connectivity index is 0. The Morgan fingerprint density at radius 1 is 0.333 bits per heavy atom. The third kappa shape index (κ3) is 185. The molecule has 0 aliphatic heterocycles. The van der Waals surface area contributed by atoms with Crippen molar-refractivity contribution in [2.24, 2.45) is 0 Å². The van der Waals surface area contributed by atoms with E-state index in [1.807, 2.05) is 0 Å². The average Bonchev–Trinajstić information content (AvgIpc) is 0. The van der Waals surface area contributed by atoms with Crippen molar-refractivity contribution in [1.82, 2.24) is 0 Å². The molecule has 0 heterocycles. The molecule has 0 N–H and O–H groups in total. The second-order valence-corrected chi connectivity index (χ2v) is 0. The Labute approximate surface area is 157 Å². The van der Waals surface area contributed by atoms with Crippen LogP contribution < -0.4 is 42.3 Å². The monoisotopic (exact) mass is 592 g/mol. The normalized spacial score (nSPS) is 0. The zero-order chi connectivity index (χ0) is 0. The number of hydrogen-bond donors (Lipinski definition) is 0. The summed E-state index contributed by atoms with van der Waals surface area (Å²) in [6.07, 6.45) is 0. The maximum Gasteiger partial charge on any atom is 3.00 e. The van der Waals surface area contributed by atoms with E-state index in [2.05, 4.69) is 0 Å². The smallest absolute Gasteiger partial charge is 1.00 e. The molecule has 0 bridgehead atoms. The molecule has 0 aromatic heterocycles. The molecule has 0 fully saturated rings.